The fraction of sp³-hybridized carbons (Fsp3) is 0.455. The number of piperazine rings is 1. The number of hydrogen-bond acceptors (Lipinski definition) is 2. The second-order valence-corrected chi connectivity index (χ2v) is 4.30. The Labute approximate surface area is 94.2 Å². The van der Waals surface area contributed by atoms with Crippen LogP contribution in [0.4, 0.5) is 10.1 Å². The Kier molecular flexibility index (Phi) is 3.12. The van der Waals surface area contributed by atoms with E-state index in [1.54, 1.807) is 6.07 Å². The highest BCUT2D eigenvalue weighted by Gasteiger charge is 2.14. The van der Waals surface area contributed by atoms with Crippen molar-refractivity contribution in [1.82, 2.24) is 4.90 Å². The van der Waals surface area contributed by atoms with Crippen molar-refractivity contribution >= 4 is 17.3 Å². The number of rotatable bonds is 1. The SMILES string of the molecule is CN1CCN(c2ccc(Cl)c(F)c2)CC1. The van der Waals surface area contributed by atoms with Gasteiger partial charge in [-0.1, -0.05) is 11.6 Å². The van der Waals surface area contributed by atoms with Gasteiger partial charge in [0.15, 0.2) is 0 Å². The number of anilines is 1. The third kappa shape index (κ3) is 2.41. The zero-order valence-electron chi connectivity index (χ0n) is 8.71. The molecule has 2 rings (SSSR count). The van der Waals surface area contributed by atoms with Gasteiger partial charge in [0, 0.05) is 31.9 Å². The van der Waals surface area contributed by atoms with Gasteiger partial charge < -0.3 is 9.80 Å². The van der Waals surface area contributed by atoms with Crippen LogP contribution < -0.4 is 4.90 Å². The number of benzene rings is 1. The average molecular weight is 229 g/mol. The Morgan fingerprint density at radius 2 is 1.87 bits per heavy atom. The summed E-state index contributed by atoms with van der Waals surface area (Å²) >= 11 is 5.64. The van der Waals surface area contributed by atoms with Gasteiger partial charge in [-0.25, -0.2) is 4.39 Å². The first-order valence-corrected chi connectivity index (χ1v) is 5.43. The largest absolute Gasteiger partial charge is 0.369 e. The summed E-state index contributed by atoms with van der Waals surface area (Å²) in [6.45, 7) is 3.92. The Bertz CT molecular complexity index is 348. The highest BCUT2D eigenvalue weighted by Crippen LogP contribution is 2.22. The van der Waals surface area contributed by atoms with Gasteiger partial charge in [-0.3, -0.25) is 0 Å². The van der Waals surface area contributed by atoms with Crippen molar-refractivity contribution in [1.29, 1.82) is 0 Å². The van der Waals surface area contributed by atoms with Crippen molar-refractivity contribution in [3.05, 3.63) is 29.0 Å². The average Bonchev–Trinajstić information content (AvgIpc) is 2.23. The molecule has 0 radical (unpaired) electrons. The van der Waals surface area contributed by atoms with E-state index in [2.05, 4.69) is 16.8 Å². The van der Waals surface area contributed by atoms with Gasteiger partial charge in [0.05, 0.1) is 5.02 Å². The molecule has 1 heterocycles. The lowest BCUT2D eigenvalue weighted by Crippen LogP contribution is -2.44. The van der Waals surface area contributed by atoms with Crippen LogP contribution in [0.5, 0.6) is 0 Å². The van der Waals surface area contributed by atoms with E-state index < -0.39 is 0 Å². The molecule has 82 valence electrons. The topological polar surface area (TPSA) is 6.48 Å². The monoisotopic (exact) mass is 228 g/mol. The molecular weight excluding hydrogens is 215 g/mol. The summed E-state index contributed by atoms with van der Waals surface area (Å²) < 4.78 is 13.2. The molecule has 15 heavy (non-hydrogen) atoms. The molecule has 1 fully saturated rings. The minimum Gasteiger partial charge on any atom is -0.369 e. The molecule has 0 aliphatic carbocycles. The van der Waals surface area contributed by atoms with Crippen LogP contribution in [0, 0.1) is 5.82 Å². The molecule has 1 aromatic carbocycles. The Morgan fingerprint density at radius 1 is 1.20 bits per heavy atom. The standard InChI is InChI=1S/C11H14ClFN2/c1-14-4-6-15(7-5-14)9-2-3-10(12)11(13)8-9/h2-3,8H,4-7H2,1H3. The van der Waals surface area contributed by atoms with Crippen LogP contribution in [0.25, 0.3) is 0 Å². The summed E-state index contributed by atoms with van der Waals surface area (Å²) in [5.41, 5.74) is 0.921. The van der Waals surface area contributed by atoms with E-state index in [4.69, 9.17) is 11.6 Å². The molecule has 0 N–H and O–H groups in total. The zero-order chi connectivity index (χ0) is 10.8. The molecule has 0 amide bonds. The Morgan fingerprint density at radius 3 is 2.47 bits per heavy atom. The molecule has 0 bridgehead atoms. The highest BCUT2D eigenvalue weighted by molar-refractivity contribution is 6.30. The first-order chi connectivity index (χ1) is 7.16. The fourth-order valence-corrected chi connectivity index (χ4v) is 1.86. The van der Waals surface area contributed by atoms with E-state index in [1.165, 1.54) is 6.07 Å². The molecule has 0 unspecified atom stereocenters. The van der Waals surface area contributed by atoms with Crippen LogP contribution in [-0.4, -0.2) is 38.1 Å². The van der Waals surface area contributed by atoms with E-state index in [-0.39, 0.29) is 10.8 Å². The van der Waals surface area contributed by atoms with Crippen molar-refractivity contribution < 1.29 is 4.39 Å². The maximum Gasteiger partial charge on any atom is 0.143 e. The number of hydrogen-bond donors (Lipinski definition) is 0. The van der Waals surface area contributed by atoms with Crippen molar-refractivity contribution in [3.8, 4) is 0 Å². The lowest BCUT2D eigenvalue weighted by atomic mass is 10.2. The second-order valence-electron chi connectivity index (χ2n) is 3.89. The minimum atomic E-state index is -0.340. The van der Waals surface area contributed by atoms with Crippen LogP contribution in [0.15, 0.2) is 18.2 Å². The summed E-state index contributed by atoms with van der Waals surface area (Å²) in [5, 5.41) is 0.188. The molecule has 1 aliphatic heterocycles. The quantitative estimate of drug-likeness (QED) is 0.728. The van der Waals surface area contributed by atoms with E-state index in [0.717, 1.165) is 31.9 Å². The van der Waals surface area contributed by atoms with Gasteiger partial charge >= 0.3 is 0 Å². The normalized spacial score (nSPS) is 18.2. The van der Waals surface area contributed by atoms with Gasteiger partial charge in [-0.15, -0.1) is 0 Å². The van der Waals surface area contributed by atoms with Crippen molar-refractivity contribution in [3.63, 3.8) is 0 Å². The highest BCUT2D eigenvalue weighted by atomic mass is 35.5. The number of halogens is 2. The zero-order valence-corrected chi connectivity index (χ0v) is 9.47. The van der Waals surface area contributed by atoms with Crippen LogP contribution in [0.2, 0.25) is 5.02 Å². The smallest absolute Gasteiger partial charge is 0.143 e. The summed E-state index contributed by atoms with van der Waals surface area (Å²) in [7, 11) is 2.10. The summed E-state index contributed by atoms with van der Waals surface area (Å²) in [4.78, 5) is 4.45. The number of nitrogens with zero attached hydrogens (tertiary/aromatic N) is 2. The Balaban J connectivity index is 2.12. The molecule has 4 heteroatoms. The van der Waals surface area contributed by atoms with Crippen molar-refractivity contribution in [2.45, 2.75) is 0 Å². The van der Waals surface area contributed by atoms with E-state index in [9.17, 15) is 4.39 Å². The second kappa shape index (κ2) is 4.37. The van der Waals surface area contributed by atoms with E-state index in [0.29, 0.717) is 0 Å². The maximum atomic E-state index is 13.2. The van der Waals surface area contributed by atoms with Gasteiger partial charge in [0.2, 0.25) is 0 Å². The molecule has 1 aromatic rings. The predicted molar refractivity (Wildman–Crippen MR) is 61.1 cm³/mol. The third-order valence-corrected chi connectivity index (χ3v) is 3.08. The minimum absolute atomic E-state index is 0.188. The van der Waals surface area contributed by atoms with E-state index >= 15 is 0 Å². The van der Waals surface area contributed by atoms with Crippen LogP contribution in [0.1, 0.15) is 0 Å². The molecule has 0 atom stereocenters. The summed E-state index contributed by atoms with van der Waals surface area (Å²) in [5.74, 6) is -0.340. The Hall–Kier alpha value is -0.800. The molecule has 0 spiro atoms. The van der Waals surface area contributed by atoms with Gasteiger partial charge in [0.25, 0.3) is 0 Å². The maximum absolute atomic E-state index is 13.2. The molecule has 2 nitrogen and oxygen atoms in total. The van der Waals surface area contributed by atoms with Crippen LogP contribution in [0.3, 0.4) is 0 Å². The predicted octanol–water partition coefficient (Wildman–Crippen LogP) is 2.23. The molecular formula is C11H14ClFN2. The van der Waals surface area contributed by atoms with Crippen LogP contribution in [-0.2, 0) is 0 Å². The summed E-state index contributed by atoms with van der Waals surface area (Å²) in [6, 6.07) is 4.99. The fourth-order valence-electron chi connectivity index (χ4n) is 1.75. The molecule has 1 aliphatic rings. The number of likely N-dealkylation sites (N-methyl/N-ethyl adjacent to an activating group) is 1. The van der Waals surface area contributed by atoms with Gasteiger partial charge in [-0.05, 0) is 25.2 Å². The lowest BCUT2D eigenvalue weighted by molar-refractivity contribution is 0.313. The summed E-state index contributed by atoms with van der Waals surface area (Å²) in [6.07, 6.45) is 0. The van der Waals surface area contributed by atoms with Crippen LogP contribution >= 0.6 is 11.6 Å². The molecule has 0 saturated carbocycles. The van der Waals surface area contributed by atoms with Crippen molar-refractivity contribution in [2.24, 2.45) is 0 Å². The van der Waals surface area contributed by atoms with Gasteiger partial charge in [-0.2, -0.15) is 0 Å². The first kappa shape index (κ1) is 10.7. The van der Waals surface area contributed by atoms with E-state index in [1.807, 2.05) is 6.07 Å². The third-order valence-electron chi connectivity index (χ3n) is 2.77. The molecule has 1 saturated heterocycles. The van der Waals surface area contributed by atoms with Crippen molar-refractivity contribution in [2.75, 3.05) is 38.1 Å². The lowest BCUT2D eigenvalue weighted by Gasteiger charge is -2.34. The molecule has 0 aromatic heterocycles. The van der Waals surface area contributed by atoms with Gasteiger partial charge in [0.1, 0.15) is 5.82 Å². The first-order valence-electron chi connectivity index (χ1n) is 5.05.